The van der Waals surface area contributed by atoms with Crippen LogP contribution in [0.5, 0.6) is 0 Å². The molecule has 2 aromatic carbocycles. The fourth-order valence-electron chi connectivity index (χ4n) is 3.87. The summed E-state index contributed by atoms with van der Waals surface area (Å²) in [5, 5.41) is 5.23. The number of carbonyl (C=O) groups is 3. The normalized spacial score (nSPS) is 19.2. The molecule has 4 amide bonds. The predicted molar refractivity (Wildman–Crippen MR) is 123 cm³/mol. The SMILES string of the molecule is O=C(CN1C(=O)NC(CCc2ccccc2)C1=O)Nc1ccc(S(=O)(=O)N2CCOCC2)cc1. The zero-order chi connectivity index (χ0) is 24.1. The molecule has 2 saturated heterocycles. The van der Waals surface area contributed by atoms with Crippen LogP contribution in [0, 0.1) is 0 Å². The van der Waals surface area contributed by atoms with Gasteiger partial charge < -0.3 is 15.4 Å². The maximum absolute atomic E-state index is 12.7. The number of hydrogen-bond donors (Lipinski definition) is 2. The van der Waals surface area contributed by atoms with Crippen LogP contribution in [0.3, 0.4) is 0 Å². The molecule has 2 aliphatic heterocycles. The first-order valence-electron chi connectivity index (χ1n) is 11.0. The Morgan fingerprint density at radius 1 is 1.03 bits per heavy atom. The molecule has 34 heavy (non-hydrogen) atoms. The van der Waals surface area contributed by atoms with Gasteiger partial charge in [0.25, 0.3) is 5.91 Å². The number of urea groups is 1. The molecule has 11 heteroatoms. The number of aryl methyl sites for hydroxylation is 1. The first-order chi connectivity index (χ1) is 16.3. The lowest BCUT2D eigenvalue weighted by Crippen LogP contribution is -2.40. The monoisotopic (exact) mass is 486 g/mol. The third-order valence-electron chi connectivity index (χ3n) is 5.72. The Hall–Kier alpha value is -3.28. The van der Waals surface area contributed by atoms with E-state index in [0.717, 1.165) is 10.5 Å². The largest absolute Gasteiger partial charge is 0.379 e. The highest BCUT2D eigenvalue weighted by atomic mass is 32.2. The van der Waals surface area contributed by atoms with E-state index in [1.54, 1.807) is 0 Å². The Kier molecular flexibility index (Phi) is 7.25. The smallest absolute Gasteiger partial charge is 0.325 e. The number of imide groups is 1. The first-order valence-corrected chi connectivity index (χ1v) is 12.4. The van der Waals surface area contributed by atoms with Gasteiger partial charge in [0, 0.05) is 18.8 Å². The number of morpholine rings is 1. The second-order valence-electron chi connectivity index (χ2n) is 8.04. The van der Waals surface area contributed by atoms with Gasteiger partial charge in [-0.05, 0) is 42.7 Å². The summed E-state index contributed by atoms with van der Waals surface area (Å²) in [7, 11) is -3.64. The molecule has 2 aromatic rings. The van der Waals surface area contributed by atoms with Gasteiger partial charge >= 0.3 is 6.03 Å². The minimum atomic E-state index is -3.64. The Labute approximate surface area is 197 Å². The van der Waals surface area contributed by atoms with E-state index >= 15 is 0 Å². The van der Waals surface area contributed by atoms with E-state index < -0.39 is 40.5 Å². The molecule has 0 saturated carbocycles. The lowest BCUT2D eigenvalue weighted by atomic mass is 10.1. The van der Waals surface area contributed by atoms with Crippen LogP contribution in [-0.4, -0.2) is 74.4 Å². The van der Waals surface area contributed by atoms with Gasteiger partial charge in [-0.15, -0.1) is 0 Å². The Bertz CT molecular complexity index is 1150. The molecule has 4 rings (SSSR count). The number of sulfonamides is 1. The average molecular weight is 487 g/mol. The summed E-state index contributed by atoms with van der Waals surface area (Å²) in [6.45, 7) is 0.852. The zero-order valence-electron chi connectivity index (χ0n) is 18.5. The molecule has 1 unspecified atom stereocenters. The average Bonchev–Trinajstić information content (AvgIpc) is 3.11. The molecule has 0 aliphatic carbocycles. The van der Waals surface area contributed by atoms with Gasteiger partial charge in [-0.3, -0.25) is 14.5 Å². The highest BCUT2D eigenvalue weighted by Gasteiger charge is 2.38. The summed E-state index contributed by atoms with van der Waals surface area (Å²) < 4.78 is 31.9. The minimum absolute atomic E-state index is 0.114. The summed E-state index contributed by atoms with van der Waals surface area (Å²) in [6.07, 6.45) is 1.06. The molecule has 10 nitrogen and oxygen atoms in total. The molecule has 1 atom stereocenters. The summed E-state index contributed by atoms with van der Waals surface area (Å²) >= 11 is 0. The van der Waals surface area contributed by atoms with Crippen molar-refractivity contribution < 1.29 is 27.5 Å². The number of anilines is 1. The van der Waals surface area contributed by atoms with Crippen molar-refractivity contribution in [2.45, 2.75) is 23.8 Å². The van der Waals surface area contributed by atoms with Crippen molar-refractivity contribution in [3.05, 3.63) is 60.2 Å². The van der Waals surface area contributed by atoms with Crippen molar-refractivity contribution in [2.24, 2.45) is 0 Å². The van der Waals surface area contributed by atoms with Crippen LogP contribution >= 0.6 is 0 Å². The molecule has 0 bridgehead atoms. The number of rotatable bonds is 8. The predicted octanol–water partition coefficient (Wildman–Crippen LogP) is 1.20. The maximum atomic E-state index is 12.7. The molecular formula is C23H26N4O6S. The van der Waals surface area contributed by atoms with Crippen molar-refractivity contribution in [1.82, 2.24) is 14.5 Å². The van der Waals surface area contributed by atoms with Gasteiger partial charge in [0.1, 0.15) is 12.6 Å². The molecule has 180 valence electrons. The molecule has 2 fully saturated rings. The van der Waals surface area contributed by atoms with E-state index in [2.05, 4.69) is 10.6 Å². The van der Waals surface area contributed by atoms with Crippen LogP contribution in [0.2, 0.25) is 0 Å². The topological polar surface area (TPSA) is 125 Å². The number of ether oxygens (including phenoxy) is 1. The summed E-state index contributed by atoms with van der Waals surface area (Å²) in [5.41, 5.74) is 1.42. The van der Waals surface area contributed by atoms with Crippen LogP contribution in [0.15, 0.2) is 59.5 Å². The van der Waals surface area contributed by atoms with Gasteiger partial charge in [0.15, 0.2) is 0 Å². The van der Waals surface area contributed by atoms with Crippen LogP contribution in [-0.2, 0) is 30.8 Å². The molecule has 0 radical (unpaired) electrons. The maximum Gasteiger partial charge on any atom is 0.325 e. The van der Waals surface area contributed by atoms with E-state index in [-0.39, 0.29) is 4.90 Å². The molecular weight excluding hydrogens is 460 g/mol. The second-order valence-corrected chi connectivity index (χ2v) is 9.98. The van der Waals surface area contributed by atoms with Gasteiger partial charge in [0.2, 0.25) is 15.9 Å². The van der Waals surface area contributed by atoms with E-state index in [1.165, 1.54) is 28.6 Å². The van der Waals surface area contributed by atoms with Gasteiger partial charge in [-0.1, -0.05) is 30.3 Å². The number of nitrogens with one attached hydrogen (secondary N) is 2. The highest BCUT2D eigenvalue weighted by molar-refractivity contribution is 7.89. The van der Waals surface area contributed by atoms with Crippen molar-refractivity contribution in [3.63, 3.8) is 0 Å². The number of carbonyl (C=O) groups excluding carboxylic acids is 3. The molecule has 0 aromatic heterocycles. The third kappa shape index (κ3) is 5.44. The first kappa shape index (κ1) is 23.9. The van der Waals surface area contributed by atoms with E-state index in [0.29, 0.717) is 44.8 Å². The van der Waals surface area contributed by atoms with Crippen molar-refractivity contribution in [3.8, 4) is 0 Å². The van der Waals surface area contributed by atoms with Crippen LogP contribution in [0.1, 0.15) is 12.0 Å². The fraction of sp³-hybridized carbons (Fsp3) is 0.348. The standard InChI is InChI=1S/C23H26N4O6S/c28-21(16-27-22(29)20(25-23(27)30)11-6-17-4-2-1-3-5-17)24-18-7-9-19(10-8-18)34(31,32)26-12-14-33-15-13-26/h1-5,7-10,20H,6,11-16H2,(H,24,28)(H,25,30). The lowest BCUT2D eigenvalue weighted by Gasteiger charge is -2.26. The summed E-state index contributed by atoms with van der Waals surface area (Å²) in [4.78, 5) is 38.3. The third-order valence-corrected chi connectivity index (χ3v) is 7.63. The van der Waals surface area contributed by atoms with Gasteiger partial charge in [0.05, 0.1) is 18.1 Å². The van der Waals surface area contributed by atoms with Gasteiger partial charge in [-0.2, -0.15) is 4.31 Å². The fourth-order valence-corrected chi connectivity index (χ4v) is 5.28. The Morgan fingerprint density at radius 3 is 2.38 bits per heavy atom. The molecule has 0 spiro atoms. The minimum Gasteiger partial charge on any atom is -0.379 e. The summed E-state index contributed by atoms with van der Waals surface area (Å²) in [6, 6.07) is 14.1. The van der Waals surface area contributed by atoms with Crippen molar-refractivity contribution in [1.29, 1.82) is 0 Å². The number of benzene rings is 2. The van der Waals surface area contributed by atoms with E-state index in [9.17, 15) is 22.8 Å². The number of amides is 4. The Morgan fingerprint density at radius 2 is 1.71 bits per heavy atom. The summed E-state index contributed by atoms with van der Waals surface area (Å²) in [5.74, 6) is -1.00. The van der Waals surface area contributed by atoms with Crippen molar-refractivity contribution in [2.75, 3.05) is 38.2 Å². The molecule has 2 N–H and O–H groups in total. The van der Waals surface area contributed by atoms with Crippen LogP contribution < -0.4 is 10.6 Å². The highest BCUT2D eigenvalue weighted by Crippen LogP contribution is 2.20. The zero-order valence-corrected chi connectivity index (χ0v) is 19.3. The van der Waals surface area contributed by atoms with Crippen LogP contribution in [0.25, 0.3) is 0 Å². The van der Waals surface area contributed by atoms with E-state index in [4.69, 9.17) is 4.74 Å². The van der Waals surface area contributed by atoms with Crippen LogP contribution in [0.4, 0.5) is 10.5 Å². The Balaban J connectivity index is 1.31. The van der Waals surface area contributed by atoms with Crippen molar-refractivity contribution >= 4 is 33.6 Å². The molecule has 2 heterocycles. The lowest BCUT2D eigenvalue weighted by molar-refractivity contribution is -0.130. The quantitative estimate of drug-likeness (QED) is 0.540. The second kappa shape index (κ2) is 10.3. The number of hydrogen-bond acceptors (Lipinski definition) is 6. The van der Waals surface area contributed by atoms with E-state index in [1.807, 2.05) is 30.3 Å². The number of nitrogens with zero attached hydrogens (tertiary/aromatic N) is 2. The molecule has 2 aliphatic rings. The van der Waals surface area contributed by atoms with Gasteiger partial charge in [-0.25, -0.2) is 13.2 Å².